The number of carbonyl (C=O) groups is 1. The molecule has 0 radical (unpaired) electrons. The van der Waals surface area contributed by atoms with Crippen LogP contribution in [0.5, 0.6) is 5.88 Å². The monoisotopic (exact) mass is 361 g/mol. The van der Waals surface area contributed by atoms with Crippen LogP contribution < -0.4 is 4.74 Å². The molecule has 1 N–H and O–H groups in total. The number of nitrogens with zero attached hydrogens (tertiary/aromatic N) is 2. The molecule has 1 aromatic carbocycles. The number of hydrogen-bond donors (Lipinski definition) is 1. The minimum absolute atomic E-state index is 0.0935. The van der Waals surface area contributed by atoms with E-state index in [1.807, 2.05) is 24.3 Å². The van der Waals surface area contributed by atoms with E-state index in [4.69, 9.17) is 4.74 Å². The van der Waals surface area contributed by atoms with E-state index >= 15 is 0 Å². The van der Waals surface area contributed by atoms with E-state index in [2.05, 4.69) is 9.97 Å². The van der Waals surface area contributed by atoms with Gasteiger partial charge in [0, 0.05) is 23.2 Å². The summed E-state index contributed by atoms with van der Waals surface area (Å²) in [6.45, 7) is 0.604. The first kappa shape index (κ1) is 16.4. The number of carbonyl (C=O) groups excluding carboxylic acids is 1. The van der Waals surface area contributed by atoms with Gasteiger partial charge < -0.3 is 14.6 Å². The highest BCUT2D eigenvalue weighted by Crippen LogP contribution is 2.29. The first-order chi connectivity index (χ1) is 12.4. The number of likely N-dealkylation sites (tertiary alicyclic amines) is 1. The second-order valence-electron chi connectivity index (χ2n) is 6.06. The van der Waals surface area contributed by atoms with E-state index in [0.29, 0.717) is 18.7 Å². The molecule has 0 aliphatic carbocycles. The molecule has 0 saturated carbocycles. The molecule has 0 unspecified atom stereocenters. The predicted molar refractivity (Wildman–Crippen MR) is 87.9 cm³/mol. The molecular formula is C18H14F3N3O2. The third kappa shape index (κ3) is 2.98. The number of H-pyrrole nitrogens is 1. The van der Waals surface area contributed by atoms with Gasteiger partial charge >= 0.3 is 6.18 Å². The highest BCUT2D eigenvalue weighted by atomic mass is 19.4. The lowest BCUT2D eigenvalue weighted by atomic mass is 10.1. The normalized spacial score (nSPS) is 15.1. The van der Waals surface area contributed by atoms with E-state index in [0.717, 1.165) is 17.0 Å². The number of aromatic amines is 1. The molecule has 3 aromatic rings. The number of nitrogens with one attached hydrogen (secondary N) is 1. The average Bonchev–Trinajstić information content (AvgIpc) is 3.01. The van der Waals surface area contributed by atoms with Crippen LogP contribution in [0.2, 0.25) is 0 Å². The third-order valence-electron chi connectivity index (χ3n) is 4.26. The molecule has 134 valence electrons. The predicted octanol–water partition coefficient (Wildman–Crippen LogP) is 3.49. The first-order valence-corrected chi connectivity index (χ1v) is 7.98. The lowest BCUT2D eigenvalue weighted by molar-refractivity contribution is -0.141. The Morgan fingerprint density at radius 1 is 1.15 bits per heavy atom. The molecule has 0 bridgehead atoms. The molecule has 4 rings (SSSR count). The lowest BCUT2D eigenvalue weighted by Crippen LogP contribution is -2.56. The number of amides is 1. The minimum atomic E-state index is -4.52. The zero-order valence-electron chi connectivity index (χ0n) is 13.5. The van der Waals surface area contributed by atoms with Crippen molar-refractivity contribution >= 4 is 16.8 Å². The zero-order valence-corrected chi connectivity index (χ0v) is 13.5. The Morgan fingerprint density at radius 2 is 1.92 bits per heavy atom. The van der Waals surface area contributed by atoms with Gasteiger partial charge in [-0.1, -0.05) is 24.3 Å². The third-order valence-corrected chi connectivity index (χ3v) is 4.26. The van der Waals surface area contributed by atoms with Gasteiger partial charge in [0.15, 0.2) is 0 Å². The molecule has 1 aliphatic rings. The number of fused-ring (bicyclic) bond motifs is 1. The van der Waals surface area contributed by atoms with Crippen LogP contribution >= 0.6 is 0 Å². The number of halogens is 3. The quantitative estimate of drug-likeness (QED) is 0.777. The molecule has 1 saturated heterocycles. The Balaban J connectivity index is 1.41. The molecule has 26 heavy (non-hydrogen) atoms. The Kier molecular flexibility index (Phi) is 3.82. The fourth-order valence-electron chi connectivity index (χ4n) is 2.91. The Labute approximate surface area is 146 Å². The van der Waals surface area contributed by atoms with Gasteiger partial charge in [-0.05, 0) is 12.1 Å². The van der Waals surface area contributed by atoms with E-state index in [1.165, 1.54) is 12.1 Å². The van der Waals surface area contributed by atoms with E-state index in [9.17, 15) is 18.0 Å². The van der Waals surface area contributed by atoms with E-state index in [1.54, 1.807) is 11.1 Å². The number of hydrogen-bond acceptors (Lipinski definition) is 3. The maximum Gasteiger partial charge on any atom is 0.433 e. The number of rotatable bonds is 3. The van der Waals surface area contributed by atoms with Gasteiger partial charge in [-0.25, -0.2) is 4.98 Å². The molecule has 3 heterocycles. The number of pyridine rings is 1. The van der Waals surface area contributed by atoms with Crippen molar-refractivity contribution in [1.82, 2.24) is 14.9 Å². The molecule has 0 spiro atoms. The average molecular weight is 361 g/mol. The van der Waals surface area contributed by atoms with Crippen molar-refractivity contribution < 1.29 is 22.7 Å². The summed E-state index contributed by atoms with van der Waals surface area (Å²) in [4.78, 5) is 20.7. The van der Waals surface area contributed by atoms with Crippen LogP contribution in [0.3, 0.4) is 0 Å². The van der Waals surface area contributed by atoms with Crippen molar-refractivity contribution in [2.75, 3.05) is 13.1 Å². The Hall–Kier alpha value is -3.03. The van der Waals surface area contributed by atoms with Crippen LogP contribution in [-0.4, -0.2) is 40.0 Å². The second-order valence-corrected chi connectivity index (χ2v) is 6.06. The first-order valence-electron chi connectivity index (χ1n) is 7.98. The minimum Gasteiger partial charge on any atom is -0.471 e. The van der Waals surface area contributed by atoms with Gasteiger partial charge in [-0.3, -0.25) is 4.79 Å². The second kappa shape index (κ2) is 6.05. The lowest BCUT2D eigenvalue weighted by Gasteiger charge is -2.38. The van der Waals surface area contributed by atoms with E-state index < -0.39 is 11.9 Å². The van der Waals surface area contributed by atoms with Crippen molar-refractivity contribution in [3.8, 4) is 5.88 Å². The topological polar surface area (TPSA) is 58.2 Å². The molecular weight excluding hydrogens is 347 g/mol. The number of benzene rings is 1. The number of alkyl halides is 3. The van der Waals surface area contributed by atoms with Crippen LogP contribution in [-0.2, 0) is 6.18 Å². The van der Waals surface area contributed by atoms with Crippen molar-refractivity contribution in [2.24, 2.45) is 0 Å². The van der Waals surface area contributed by atoms with Gasteiger partial charge in [-0.2, -0.15) is 13.2 Å². The smallest absolute Gasteiger partial charge is 0.433 e. The number of aromatic nitrogens is 2. The van der Waals surface area contributed by atoms with Crippen molar-refractivity contribution in [2.45, 2.75) is 12.3 Å². The van der Waals surface area contributed by atoms with Gasteiger partial charge in [0.25, 0.3) is 5.91 Å². The van der Waals surface area contributed by atoms with Crippen molar-refractivity contribution in [1.29, 1.82) is 0 Å². The molecule has 0 atom stereocenters. The van der Waals surface area contributed by atoms with Crippen LogP contribution in [0.4, 0.5) is 13.2 Å². The number of para-hydroxylation sites is 1. The highest BCUT2D eigenvalue weighted by molar-refractivity contribution is 6.06. The van der Waals surface area contributed by atoms with Crippen LogP contribution in [0.15, 0.2) is 48.7 Å². The van der Waals surface area contributed by atoms with Crippen molar-refractivity contribution in [3.63, 3.8) is 0 Å². The van der Waals surface area contributed by atoms with Crippen LogP contribution in [0.25, 0.3) is 10.9 Å². The SMILES string of the molecule is O=C(c1c[nH]c2ccccc12)N1CC(Oc2cccc(C(F)(F)F)n2)C1. The molecule has 1 aliphatic heterocycles. The molecule has 1 amide bonds. The van der Waals surface area contributed by atoms with Gasteiger partial charge in [0.05, 0.1) is 18.7 Å². The Morgan fingerprint density at radius 3 is 2.69 bits per heavy atom. The van der Waals surface area contributed by atoms with Gasteiger partial charge in [0.2, 0.25) is 5.88 Å². The number of ether oxygens (including phenoxy) is 1. The highest BCUT2D eigenvalue weighted by Gasteiger charge is 2.35. The summed E-state index contributed by atoms with van der Waals surface area (Å²) in [6, 6.07) is 11.0. The summed E-state index contributed by atoms with van der Waals surface area (Å²) in [5, 5.41) is 0.835. The molecule has 5 nitrogen and oxygen atoms in total. The standard InChI is InChI=1S/C18H14F3N3O2/c19-18(20,21)15-6-3-7-16(23-15)26-11-9-24(10-11)17(25)13-8-22-14-5-2-1-4-12(13)14/h1-8,11,22H,9-10H2. The summed E-state index contributed by atoms with van der Waals surface area (Å²) in [6.07, 6.45) is -3.23. The van der Waals surface area contributed by atoms with E-state index in [-0.39, 0.29) is 17.9 Å². The fourth-order valence-corrected chi connectivity index (χ4v) is 2.91. The maximum absolute atomic E-state index is 12.7. The fraction of sp³-hybridized carbons (Fsp3) is 0.222. The van der Waals surface area contributed by atoms with Crippen molar-refractivity contribution in [3.05, 3.63) is 59.9 Å². The largest absolute Gasteiger partial charge is 0.471 e. The van der Waals surface area contributed by atoms with Crippen LogP contribution in [0, 0.1) is 0 Å². The summed E-state index contributed by atoms with van der Waals surface area (Å²) < 4.78 is 43.5. The summed E-state index contributed by atoms with van der Waals surface area (Å²) in [5.74, 6) is -0.233. The molecule has 8 heteroatoms. The van der Waals surface area contributed by atoms with Crippen LogP contribution in [0.1, 0.15) is 16.1 Å². The maximum atomic E-state index is 12.7. The van der Waals surface area contributed by atoms with Gasteiger partial charge in [0.1, 0.15) is 11.8 Å². The van der Waals surface area contributed by atoms with Gasteiger partial charge in [-0.15, -0.1) is 0 Å². The zero-order chi connectivity index (χ0) is 18.3. The summed E-state index contributed by atoms with van der Waals surface area (Å²) in [5.41, 5.74) is 0.439. The molecule has 1 fully saturated rings. The Bertz CT molecular complexity index is 961. The summed E-state index contributed by atoms with van der Waals surface area (Å²) in [7, 11) is 0. The molecule has 2 aromatic heterocycles. The summed E-state index contributed by atoms with van der Waals surface area (Å²) >= 11 is 0.